The van der Waals surface area contributed by atoms with Crippen LogP contribution in [0.15, 0.2) is 21.4 Å². The van der Waals surface area contributed by atoms with E-state index in [1.807, 2.05) is 0 Å². The van der Waals surface area contributed by atoms with Crippen LogP contribution in [-0.2, 0) is 17.0 Å². The van der Waals surface area contributed by atoms with Gasteiger partial charge in [0.25, 0.3) is 5.91 Å². The Morgan fingerprint density at radius 3 is 2.50 bits per heavy atom. The third kappa shape index (κ3) is 3.61. The lowest BCUT2D eigenvalue weighted by Gasteiger charge is -2.14. The molecule has 0 radical (unpaired) electrons. The number of hydrogen-bond donors (Lipinski definition) is 1. The fraction of sp³-hybridized carbons (Fsp3) is 0.308. The standard InChI is InChI=1S/C13H11F4N3O3S/c1-3-24(22)10-8(13(15,16)17)5-4-7(9(10)14)11(21)18-12-20-19-6(2)23-12/h4-5H,3H2,1-2H3,(H,18,20,21). The predicted molar refractivity (Wildman–Crippen MR) is 75.3 cm³/mol. The minimum atomic E-state index is -4.90. The van der Waals surface area contributed by atoms with Crippen LogP contribution in [0.3, 0.4) is 0 Å². The van der Waals surface area contributed by atoms with Crippen LogP contribution in [0.4, 0.5) is 23.6 Å². The first kappa shape index (κ1) is 18.0. The molecule has 0 spiro atoms. The molecule has 1 heterocycles. The summed E-state index contributed by atoms with van der Waals surface area (Å²) in [6.07, 6.45) is -4.90. The summed E-state index contributed by atoms with van der Waals surface area (Å²) in [6.45, 7) is 2.79. The van der Waals surface area contributed by atoms with Gasteiger partial charge in [-0.1, -0.05) is 12.0 Å². The number of nitrogens with zero attached hydrogens (tertiary/aromatic N) is 2. The summed E-state index contributed by atoms with van der Waals surface area (Å²) in [7, 11) is -2.26. The second kappa shape index (κ2) is 6.67. The van der Waals surface area contributed by atoms with Crippen molar-refractivity contribution in [2.24, 2.45) is 0 Å². The number of carbonyl (C=O) groups excluding carboxylic acids is 1. The summed E-state index contributed by atoms with van der Waals surface area (Å²) in [5.41, 5.74) is -2.10. The maximum Gasteiger partial charge on any atom is 0.417 e. The first-order chi connectivity index (χ1) is 11.1. The summed E-state index contributed by atoms with van der Waals surface area (Å²) >= 11 is 0. The molecule has 0 aliphatic rings. The van der Waals surface area contributed by atoms with Crippen molar-refractivity contribution in [1.82, 2.24) is 10.2 Å². The lowest BCUT2D eigenvalue weighted by molar-refractivity contribution is -0.140. The van der Waals surface area contributed by atoms with Crippen molar-refractivity contribution in [2.75, 3.05) is 11.1 Å². The van der Waals surface area contributed by atoms with Crippen molar-refractivity contribution < 1.29 is 31.0 Å². The first-order valence-electron chi connectivity index (χ1n) is 6.54. The molecule has 0 aliphatic heterocycles. The molecule has 1 atom stereocenters. The highest BCUT2D eigenvalue weighted by molar-refractivity contribution is 7.85. The van der Waals surface area contributed by atoms with Crippen LogP contribution in [0.1, 0.15) is 28.7 Å². The molecule has 2 rings (SSSR count). The molecule has 1 N–H and O–H groups in total. The largest absolute Gasteiger partial charge is 0.417 e. The fourth-order valence-corrected chi connectivity index (χ4v) is 2.86. The molecule has 0 saturated carbocycles. The Hall–Kier alpha value is -2.30. The molecule has 11 heteroatoms. The first-order valence-corrected chi connectivity index (χ1v) is 7.86. The van der Waals surface area contributed by atoms with Gasteiger partial charge in [0.1, 0.15) is 0 Å². The zero-order valence-electron chi connectivity index (χ0n) is 12.4. The molecule has 0 bridgehead atoms. The van der Waals surface area contributed by atoms with Crippen LogP contribution in [-0.4, -0.2) is 26.1 Å². The third-order valence-electron chi connectivity index (χ3n) is 2.88. The molecular weight excluding hydrogens is 354 g/mol. The second-order valence-corrected chi connectivity index (χ2v) is 6.19. The molecule has 24 heavy (non-hydrogen) atoms. The highest BCUT2D eigenvalue weighted by Crippen LogP contribution is 2.36. The van der Waals surface area contributed by atoms with Gasteiger partial charge in [-0.15, -0.1) is 5.10 Å². The van der Waals surface area contributed by atoms with E-state index in [0.717, 1.165) is 0 Å². The Morgan fingerprint density at radius 2 is 2.00 bits per heavy atom. The summed E-state index contributed by atoms with van der Waals surface area (Å²) in [5, 5.41) is 8.96. The molecule has 130 valence electrons. The maximum atomic E-state index is 14.4. The third-order valence-corrected chi connectivity index (χ3v) is 4.26. The van der Waals surface area contributed by atoms with Crippen LogP contribution < -0.4 is 5.32 Å². The molecule has 0 saturated heterocycles. The molecule has 1 aromatic heterocycles. The number of amides is 1. The Bertz CT molecular complexity index is 804. The van der Waals surface area contributed by atoms with Crippen LogP contribution in [0.2, 0.25) is 0 Å². The highest BCUT2D eigenvalue weighted by atomic mass is 32.2. The topological polar surface area (TPSA) is 85.1 Å². The SMILES string of the molecule is CCS(=O)c1c(C(F)(F)F)ccc(C(=O)Nc2nnc(C)o2)c1F. The summed E-state index contributed by atoms with van der Waals surface area (Å²) in [5.74, 6) is -2.71. The number of nitrogens with one attached hydrogen (secondary N) is 1. The van der Waals surface area contributed by atoms with Crippen molar-refractivity contribution in [3.8, 4) is 0 Å². The van der Waals surface area contributed by atoms with E-state index in [-0.39, 0.29) is 17.7 Å². The lowest BCUT2D eigenvalue weighted by Crippen LogP contribution is -2.19. The minimum Gasteiger partial charge on any atom is -0.408 e. The van der Waals surface area contributed by atoms with Crippen LogP contribution >= 0.6 is 0 Å². The number of halogens is 4. The molecule has 0 aliphatic carbocycles. The smallest absolute Gasteiger partial charge is 0.408 e. The van der Waals surface area contributed by atoms with E-state index in [2.05, 4.69) is 15.5 Å². The molecule has 1 aromatic carbocycles. The number of aryl methyl sites for hydroxylation is 1. The van der Waals surface area contributed by atoms with E-state index in [9.17, 15) is 26.6 Å². The number of rotatable bonds is 4. The van der Waals surface area contributed by atoms with Gasteiger partial charge in [0.05, 0.1) is 26.8 Å². The van der Waals surface area contributed by atoms with E-state index in [0.29, 0.717) is 12.1 Å². The predicted octanol–water partition coefficient (Wildman–Crippen LogP) is 2.92. The van der Waals surface area contributed by atoms with Gasteiger partial charge in [0, 0.05) is 12.7 Å². The van der Waals surface area contributed by atoms with Gasteiger partial charge in [-0.2, -0.15) is 13.2 Å². The van der Waals surface area contributed by atoms with Gasteiger partial charge in [0.15, 0.2) is 5.82 Å². The second-order valence-electron chi connectivity index (χ2n) is 4.52. The van der Waals surface area contributed by atoms with Gasteiger partial charge < -0.3 is 4.42 Å². The number of hydrogen-bond acceptors (Lipinski definition) is 5. The number of alkyl halides is 3. The number of benzene rings is 1. The number of anilines is 1. The molecule has 2 aromatic rings. The fourth-order valence-electron chi connectivity index (χ4n) is 1.83. The normalized spacial score (nSPS) is 12.9. The molecule has 6 nitrogen and oxygen atoms in total. The highest BCUT2D eigenvalue weighted by Gasteiger charge is 2.37. The van der Waals surface area contributed by atoms with Gasteiger partial charge in [-0.25, -0.2) is 4.39 Å². The molecule has 0 fully saturated rings. The van der Waals surface area contributed by atoms with Crippen molar-refractivity contribution >= 4 is 22.7 Å². The van der Waals surface area contributed by atoms with Crippen LogP contribution in [0, 0.1) is 12.7 Å². The van der Waals surface area contributed by atoms with E-state index in [4.69, 9.17) is 4.42 Å². The Kier molecular flexibility index (Phi) is 5.02. The zero-order valence-corrected chi connectivity index (χ0v) is 13.2. The summed E-state index contributed by atoms with van der Waals surface area (Å²) in [4.78, 5) is 11.0. The van der Waals surface area contributed by atoms with Gasteiger partial charge in [0.2, 0.25) is 5.89 Å². The van der Waals surface area contributed by atoms with Gasteiger partial charge >= 0.3 is 12.2 Å². The summed E-state index contributed by atoms with van der Waals surface area (Å²) in [6, 6.07) is 0.836. The average Bonchev–Trinajstić information content (AvgIpc) is 2.90. The van der Waals surface area contributed by atoms with Crippen molar-refractivity contribution in [1.29, 1.82) is 0 Å². The minimum absolute atomic E-state index is 0.131. The monoisotopic (exact) mass is 365 g/mol. The van der Waals surface area contributed by atoms with E-state index in [1.165, 1.54) is 13.8 Å². The molecule has 1 unspecified atom stereocenters. The molecule has 1 amide bonds. The van der Waals surface area contributed by atoms with Crippen molar-refractivity contribution in [2.45, 2.75) is 24.9 Å². The number of carbonyl (C=O) groups is 1. The van der Waals surface area contributed by atoms with E-state index in [1.54, 1.807) is 0 Å². The average molecular weight is 365 g/mol. The Balaban J connectivity index is 2.48. The zero-order chi connectivity index (χ0) is 18.1. The Labute approximate surface area is 135 Å². The molecular formula is C13H11F4N3O3S. The van der Waals surface area contributed by atoms with Gasteiger partial charge in [-0.05, 0) is 12.1 Å². The van der Waals surface area contributed by atoms with Crippen molar-refractivity contribution in [3.05, 3.63) is 35.0 Å². The Morgan fingerprint density at radius 1 is 1.33 bits per heavy atom. The van der Waals surface area contributed by atoms with Crippen LogP contribution in [0.5, 0.6) is 0 Å². The number of aromatic nitrogens is 2. The van der Waals surface area contributed by atoms with E-state index < -0.39 is 44.7 Å². The van der Waals surface area contributed by atoms with Gasteiger partial charge in [-0.3, -0.25) is 14.3 Å². The van der Waals surface area contributed by atoms with Crippen LogP contribution in [0.25, 0.3) is 0 Å². The maximum absolute atomic E-state index is 14.4. The van der Waals surface area contributed by atoms with E-state index >= 15 is 0 Å². The van der Waals surface area contributed by atoms with Crippen molar-refractivity contribution in [3.63, 3.8) is 0 Å². The quantitative estimate of drug-likeness (QED) is 0.842. The lowest BCUT2D eigenvalue weighted by atomic mass is 10.1. The summed E-state index contributed by atoms with van der Waals surface area (Å²) < 4.78 is 70.1.